The molecule has 0 bridgehead atoms. The summed E-state index contributed by atoms with van der Waals surface area (Å²) >= 11 is 0. The van der Waals surface area contributed by atoms with Gasteiger partial charge in [-0.1, -0.05) is 30.3 Å². The number of nitrogens with one attached hydrogen (secondary N) is 1. The standard InChI is InChI=1S/C20H22N2O3/c1-15-14-25-12-11-22(15)20(24)17-7-9-18(10-8-17)21-19(23)13-16-5-3-2-4-6-16/h2-10,15H,11-14H2,1H3,(H,21,23). The first-order valence-corrected chi connectivity index (χ1v) is 8.46. The van der Waals surface area contributed by atoms with Crippen LogP contribution in [0.3, 0.4) is 0 Å². The summed E-state index contributed by atoms with van der Waals surface area (Å²) in [5.41, 5.74) is 2.27. The highest BCUT2D eigenvalue weighted by atomic mass is 16.5. The van der Waals surface area contributed by atoms with Gasteiger partial charge in [-0.15, -0.1) is 0 Å². The van der Waals surface area contributed by atoms with Crippen LogP contribution in [0.25, 0.3) is 0 Å². The third kappa shape index (κ3) is 4.45. The fraction of sp³-hybridized carbons (Fsp3) is 0.300. The molecule has 1 saturated heterocycles. The minimum Gasteiger partial charge on any atom is -0.377 e. The van der Waals surface area contributed by atoms with Gasteiger partial charge in [-0.3, -0.25) is 9.59 Å². The number of carbonyl (C=O) groups excluding carboxylic acids is 2. The summed E-state index contributed by atoms with van der Waals surface area (Å²) in [6, 6.07) is 16.7. The Labute approximate surface area is 147 Å². The summed E-state index contributed by atoms with van der Waals surface area (Å²) in [6.07, 6.45) is 0.326. The number of hydrogen-bond donors (Lipinski definition) is 1. The summed E-state index contributed by atoms with van der Waals surface area (Å²) in [7, 11) is 0. The van der Waals surface area contributed by atoms with E-state index in [1.165, 1.54) is 0 Å². The van der Waals surface area contributed by atoms with Crippen LogP contribution in [-0.2, 0) is 16.0 Å². The van der Waals surface area contributed by atoms with Crippen molar-refractivity contribution in [2.75, 3.05) is 25.1 Å². The van der Waals surface area contributed by atoms with E-state index in [1.54, 1.807) is 24.3 Å². The normalized spacial score (nSPS) is 17.2. The maximum Gasteiger partial charge on any atom is 0.254 e. The highest BCUT2D eigenvalue weighted by Gasteiger charge is 2.24. The molecule has 130 valence electrons. The van der Waals surface area contributed by atoms with E-state index in [0.717, 1.165) is 5.56 Å². The Balaban J connectivity index is 1.60. The molecule has 5 heteroatoms. The van der Waals surface area contributed by atoms with Crippen molar-refractivity contribution >= 4 is 17.5 Å². The molecule has 0 spiro atoms. The lowest BCUT2D eigenvalue weighted by Gasteiger charge is -2.33. The molecule has 0 radical (unpaired) electrons. The van der Waals surface area contributed by atoms with Crippen molar-refractivity contribution in [3.05, 3.63) is 65.7 Å². The van der Waals surface area contributed by atoms with Gasteiger partial charge in [0.25, 0.3) is 5.91 Å². The van der Waals surface area contributed by atoms with Crippen LogP contribution in [0.4, 0.5) is 5.69 Å². The van der Waals surface area contributed by atoms with Crippen LogP contribution in [0.15, 0.2) is 54.6 Å². The summed E-state index contributed by atoms with van der Waals surface area (Å²) in [6.45, 7) is 3.73. The van der Waals surface area contributed by atoms with Crippen LogP contribution < -0.4 is 5.32 Å². The van der Waals surface area contributed by atoms with Crippen LogP contribution in [0.5, 0.6) is 0 Å². The van der Waals surface area contributed by atoms with Crippen LogP contribution >= 0.6 is 0 Å². The molecular weight excluding hydrogens is 316 g/mol. The van der Waals surface area contributed by atoms with Crippen molar-refractivity contribution in [2.45, 2.75) is 19.4 Å². The van der Waals surface area contributed by atoms with Gasteiger partial charge in [-0.25, -0.2) is 0 Å². The van der Waals surface area contributed by atoms with Crippen LogP contribution in [0.2, 0.25) is 0 Å². The quantitative estimate of drug-likeness (QED) is 0.932. The molecular formula is C20H22N2O3. The zero-order valence-electron chi connectivity index (χ0n) is 14.3. The van der Waals surface area contributed by atoms with Crippen molar-refractivity contribution in [3.63, 3.8) is 0 Å². The van der Waals surface area contributed by atoms with E-state index in [2.05, 4.69) is 5.32 Å². The smallest absolute Gasteiger partial charge is 0.254 e. The Morgan fingerprint density at radius 3 is 2.52 bits per heavy atom. The second-order valence-electron chi connectivity index (χ2n) is 6.21. The molecule has 1 aliphatic heterocycles. The van der Waals surface area contributed by atoms with E-state index in [-0.39, 0.29) is 17.9 Å². The number of carbonyl (C=O) groups is 2. The van der Waals surface area contributed by atoms with Crippen molar-refractivity contribution in [3.8, 4) is 0 Å². The lowest BCUT2D eigenvalue weighted by molar-refractivity contribution is -0.115. The number of ether oxygens (including phenoxy) is 1. The summed E-state index contributed by atoms with van der Waals surface area (Å²) in [5.74, 6) is -0.0787. The van der Waals surface area contributed by atoms with Gasteiger partial charge in [0, 0.05) is 17.8 Å². The Kier molecular flexibility index (Phi) is 5.46. The van der Waals surface area contributed by atoms with E-state index in [1.807, 2.05) is 42.2 Å². The van der Waals surface area contributed by atoms with Crippen LogP contribution in [0, 0.1) is 0 Å². The molecule has 5 nitrogen and oxygen atoms in total. The van der Waals surface area contributed by atoms with Gasteiger partial charge >= 0.3 is 0 Å². The van der Waals surface area contributed by atoms with E-state index in [0.29, 0.717) is 37.4 Å². The fourth-order valence-electron chi connectivity index (χ4n) is 2.88. The van der Waals surface area contributed by atoms with Crippen molar-refractivity contribution in [1.29, 1.82) is 0 Å². The Morgan fingerprint density at radius 2 is 1.84 bits per heavy atom. The number of rotatable bonds is 4. The third-order valence-electron chi connectivity index (χ3n) is 4.25. The molecule has 2 aromatic carbocycles. The maximum absolute atomic E-state index is 12.6. The maximum atomic E-state index is 12.6. The Morgan fingerprint density at radius 1 is 1.12 bits per heavy atom. The molecule has 0 aliphatic carbocycles. The van der Waals surface area contributed by atoms with Gasteiger partial charge in [-0.05, 0) is 36.8 Å². The number of anilines is 1. The van der Waals surface area contributed by atoms with Gasteiger partial charge in [0.1, 0.15) is 0 Å². The predicted octanol–water partition coefficient (Wildman–Crippen LogP) is 2.73. The molecule has 25 heavy (non-hydrogen) atoms. The lowest BCUT2D eigenvalue weighted by Crippen LogP contribution is -2.47. The molecule has 1 atom stereocenters. The minimum atomic E-state index is -0.0768. The highest BCUT2D eigenvalue weighted by Crippen LogP contribution is 2.15. The topological polar surface area (TPSA) is 58.6 Å². The molecule has 1 aliphatic rings. The van der Waals surface area contributed by atoms with E-state index >= 15 is 0 Å². The predicted molar refractivity (Wildman–Crippen MR) is 96.5 cm³/mol. The second kappa shape index (κ2) is 7.94. The Hall–Kier alpha value is -2.66. The zero-order valence-corrected chi connectivity index (χ0v) is 14.3. The molecule has 1 fully saturated rings. The van der Waals surface area contributed by atoms with Crippen molar-refractivity contribution in [1.82, 2.24) is 4.90 Å². The first-order chi connectivity index (χ1) is 12.1. The average molecular weight is 338 g/mol. The lowest BCUT2D eigenvalue weighted by atomic mass is 10.1. The summed E-state index contributed by atoms with van der Waals surface area (Å²) in [4.78, 5) is 26.5. The monoisotopic (exact) mass is 338 g/mol. The summed E-state index contributed by atoms with van der Waals surface area (Å²) in [5, 5.41) is 2.86. The molecule has 2 amide bonds. The van der Waals surface area contributed by atoms with E-state index in [9.17, 15) is 9.59 Å². The second-order valence-corrected chi connectivity index (χ2v) is 6.21. The number of amides is 2. The van der Waals surface area contributed by atoms with Crippen LogP contribution in [-0.4, -0.2) is 42.5 Å². The number of hydrogen-bond acceptors (Lipinski definition) is 3. The van der Waals surface area contributed by atoms with E-state index in [4.69, 9.17) is 4.74 Å². The zero-order chi connectivity index (χ0) is 17.6. The molecule has 1 unspecified atom stereocenters. The van der Waals surface area contributed by atoms with Gasteiger partial charge in [-0.2, -0.15) is 0 Å². The first-order valence-electron chi connectivity index (χ1n) is 8.46. The highest BCUT2D eigenvalue weighted by molar-refractivity contribution is 5.96. The SMILES string of the molecule is CC1COCCN1C(=O)c1ccc(NC(=O)Cc2ccccc2)cc1. The Bertz CT molecular complexity index is 728. The molecule has 3 rings (SSSR count). The molecule has 2 aromatic rings. The fourth-order valence-corrected chi connectivity index (χ4v) is 2.88. The first kappa shape index (κ1) is 17.2. The number of nitrogens with zero attached hydrogens (tertiary/aromatic N) is 1. The van der Waals surface area contributed by atoms with E-state index < -0.39 is 0 Å². The average Bonchev–Trinajstić information content (AvgIpc) is 2.63. The summed E-state index contributed by atoms with van der Waals surface area (Å²) < 4.78 is 5.37. The van der Waals surface area contributed by atoms with Gasteiger partial charge in [0.05, 0.1) is 25.7 Å². The molecule has 1 heterocycles. The number of morpholine rings is 1. The third-order valence-corrected chi connectivity index (χ3v) is 4.25. The molecule has 0 saturated carbocycles. The molecule has 0 aromatic heterocycles. The van der Waals surface area contributed by atoms with Gasteiger partial charge in [0.2, 0.25) is 5.91 Å². The molecule has 1 N–H and O–H groups in total. The minimum absolute atomic E-state index is 0.00189. The van der Waals surface area contributed by atoms with Gasteiger partial charge < -0.3 is 15.0 Å². The van der Waals surface area contributed by atoms with Gasteiger partial charge in [0.15, 0.2) is 0 Å². The van der Waals surface area contributed by atoms with Crippen molar-refractivity contribution in [2.24, 2.45) is 0 Å². The van der Waals surface area contributed by atoms with Crippen LogP contribution in [0.1, 0.15) is 22.8 Å². The largest absolute Gasteiger partial charge is 0.377 e. The number of benzene rings is 2. The van der Waals surface area contributed by atoms with Crippen molar-refractivity contribution < 1.29 is 14.3 Å².